The van der Waals surface area contributed by atoms with Gasteiger partial charge in [-0.3, -0.25) is 0 Å². The van der Waals surface area contributed by atoms with E-state index in [0.717, 1.165) is 39.0 Å². The van der Waals surface area contributed by atoms with E-state index >= 15 is 0 Å². The summed E-state index contributed by atoms with van der Waals surface area (Å²) in [6, 6.07) is 9.24. The van der Waals surface area contributed by atoms with Crippen LogP contribution in [0.1, 0.15) is 36.9 Å². The van der Waals surface area contributed by atoms with Gasteiger partial charge in [-0.15, -0.1) is 0 Å². The SMILES string of the molecule is CCCOCCC1NCCc2ccccc21. The van der Waals surface area contributed by atoms with Gasteiger partial charge in [-0.25, -0.2) is 0 Å². The second-order valence-corrected chi connectivity index (χ2v) is 4.36. The maximum Gasteiger partial charge on any atom is 0.0484 e. The highest BCUT2D eigenvalue weighted by Gasteiger charge is 2.18. The van der Waals surface area contributed by atoms with Crippen molar-refractivity contribution < 1.29 is 4.74 Å². The molecule has 0 amide bonds. The number of nitrogens with one attached hydrogen (secondary N) is 1. The van der Waals surface area contributed by atoms with E-state index < -0.39 is 0 Å². The van der Waals surface area contributed by atoms with Crippen molar-refractivity contribution in [2.24, 2.45) is 0 Å². The largest absolute Gasteiger partial charge is 0.381 e. The van der Waals surface area contributed by atoms with Crippen LogP contribution in [0.5, 0.6) is 0 Å². The Morgan fingerprint density at radius 2 is 2.19 bits per heavy atom. The molecule has 1 aromatic carbocycles. The number of ether oxygens (including phenoxy) is 1. The third kappa shape index (κ3) is 2.83. The van der Waals surface area contributed by atoms with Crippen molar-refractivity contribution in [3.63, 3.8) is 0 Å². The summed E-state index contributed by atoms with van der Waals surface area (Å²) in [7, 11) is 0. The quantitative estimate of drug-likeness (QED) is 0.769. The Morgan fingerprint density at radius 3 is 3.06 bits per heavy atom. The van der Waals surface area contributed by atoms with Crippen molar-refractivity contribution >= 4 is 0 Å². The fraction of sp³-hybridized carbons (Fsp3) is 0.571. The van der Waals surface area contributed by atoms with Crippen molar-refractivity contribution in [1.29, 1.82) is 0 Å². The van der Waals surface area contributed by atoms with Crippen LogP contribution in [0.2, 0.25) is 0 Å². The van der Waals surface area contributed by atoms with E-state index in [4.69, 9.17) is 4.74 Å². The fourth-order valence-electron chi connectivity index (χ4n) is 2.30. The Balaban J connectivity index is 1.91. The summed E-state index contributed by atoms with van der Waals surface area (Å²) < 4.78 is 5.56. The lowest BCUT2D eigenvalue weighted by atomic mass is 9.93. The minimum atomic E-state index is 0.488. The first-order valence-corrected chi connectivity index (χ1v) is 6.30. The zero-order valence-electron chi connectivity index (χ0n) is 10.0. The normalized spacial score (nSPS) is 19.4. The molecule has 2 rings (SSSR count). The maximum atomic E-state index is 5.56. The first-order chi connectivity index (χ1) is 7.92. The number of fused-ring (bicyclic) bond motifs is 1. The van der Waals surface area contributed by atoms with Crippen molar-refractivity contribution in [2.45, 2.75) is 32.2 Å². The van der Waals surface area contributed by atoms with Gasteiger partial charge in [-0.1, -0.05) is 31.2 Å². The lowest BCUT2D eigenvalue weighted by molar-refractivity contribution is 0.124. The first-order valence-electron chi connectivity index (χ1n) is 6.30. The van der Waals surface area contributed by atoms with Gasteiger partial charge in [0.25, 0.3) is 0 Å². The molecule has 2 nitrogen and oxygen atoms in total. The average Bonchev–Trinajstić information content (AvgIpc) is 2.35. The van der Waals surface area contributed by atoms with Crippen LogP contribution in [0.15, 0.2) is 24.3 Å². The standard InChI is InChI=1S/C14H21NO/c1-2-10-16-11-8-14-13-6-4-3-5-12(13)7-9-15-14/h3-6,14-15H,2,7-11H2,1H3. The van der Waals surface area contributed by atoms with E-state index in [1.165, 1.54) is 11.1 Å². The summed E-state index contributed by atoms with van der Waals surface area (Å²) in [4.78, 5) is 0. The highest BCUT2D eigenvalue weighted by Crippen LogP contribution is 2.24. The van der Waals surface area contributed by atoms with Gasteiger partial charge in [0.1, 0.15) is 0 Å². The van der Waals surface area contributed by atoms with Gasteiger partial charge < -0.3 is 10.1 Å². The molecule has 1 N–H and O–H groups in total. The maximum absolute atomic E-state index is 5.56. The first kappa shape index (κ1) is 11.6. The van der Waals surface area contributed by atoms with Crippen LogP contribution in [0.25, 0.3) is 0 Å². The summed E-state index contributed by atoms with van der Waals surface area (Å²) in [5.41, 5.74) is 2.97. The zero-order chi connectivity index (χ0) is 11.2. The van der Waals surface area contributed by atoms with Crippen molar-refractivity contribution in [2.75, 3.05) is 19.8 Å². The van der Waals surface area contributed by atoms with Gasteiger partial charge in [0.2, 0.25) is 0 Å². The molecule has 0 radical (unpaired) electrons. The highest BCUT2D eigenvalue weighted by molar-refractivity contribution is 5.32. The average molecular weight is 219 g/mol. The molecule has 1 atom stereocenters. The summed E-state index contributed by atoms with van der Waals surface area (Å²) in [5, 5.41) is 3.57. The molecule has 1 heterocycles. The van der Waals surface area contributed by atoms with Crippen molar-refractivity contribution in [3.05, 3.63) is 35.4 Å². The van der Waals surface area contributed by atoms with E-state index in [1.54, 1.807) is 0 Å². The van der Waals surface area contributed by atoms with Crippen LogP contribution >= 0.6 is 0 Å². The number of rotatable bonds is 5. The van der Waals surface area contributed by atoms with Crippen LogP contribution < -0.4 is 5.32 Å². The molecule has 0 spiro atoms. The van der Waals surface area contributed by atoms with E-state index in [-0.39, 0.29) is 0 Å². The number of hydrogen-bond donors (Lipinski definition) is 1. The molecule has 2 heteroatoms. The van der Waals surface area contributed by atoms with Crippen LogP contribution in [0, 0.1) is 0 Å². The van der Waals surface area contributed by atoms with E-state index in [0.29, 0.717) is 6.04 Å². The fourth-order valence-corrected chi connectivity index (χ4v) is 2.30. The Bertz CT molecular complexity index is 324. The van der Waals surface area contributed by atoms with Crippen LogP contribution in [0.3, 0.4) is 0 Å². The Morgan fingerprint density at radius 1 is 1.31 bits per heavy atom. The van der Waals surface area contributed by atoms with E-state index in [9.17, 15) is 0 Å². The Hall–Kier alpha value is -0.860. The monoisotopic (exact) mass is 219 g/mol. The van der Waals surface area contributed by atoms with E-state index in [2.05, 4.69) is 36.5 Å². The third-order valence-electron chi connectivity index (χ3n) is 3.11. The van der Waals surface area contributed by atoms with E-state index in [1.807, 2.05) is 0 Å². The van der Waals surface area contributed by atoms with Crippen LogP contribution in [0.4, 0.5) is 0 Å². The second kappa shape index (κ2) is 6.02. The minimum absolute atomic E-state index is 0.488. The smallest absolute Gasteiger partial charge is 0.0484 e. The van der Waals surface area contributed by atoms with Crippen molar-refractivity contribution in [1.82, 2.24) is 5.32 Å². The minimum Gasteiger partial charge on any atom is -0.381 e. The molecular weight excluding hydrogens is 198 g/mol. The van der Waals surface area contributed by atoms with Gasteiger partial charge in [0.05, 0.1) is 0 Å². The Kier molecular flexibility index (Phi) is 4.37. The molecule has 1 unspecified atom stereocenters. The van der Waals surface area contributed by atoms with Gasteiger partial charge in [-0.2, -0.15) is 0 Å². The second-order valence-electron chi connectivity index (χ2n) is 4.36. The molecule has 0 saturated heterocycles. The molecule has 0 aliphatic carbocycles. The van der Waals surface area contributed by atoms with Gasteiger partial charge in [0, 0.05) is 19.3 Å². The lowest BCUT2D eigenvalue weighted by Gasteiger charge is -2.26. The summed E-state index contributed by atoms with van der Waals surface area (Å²) >= 11 is 0. The zero-order valence-corrected chi connectivity index (χ0v) is 10.0. The molecule has 1 aliphatic heterocycles. The molecule has 0 bridgehead atoms. The number of hydrogen-bond acceptors (Lipinski definition) is 2. The van der Waals surface area contributed by atoms with Gasteiger partial charge in [-0.05, 0) is 36.9 Å². The molecular formula is C14H21NO. The van der Waals surface area contributed by atoms with Gasteiger partial charge >= 0.3 is 0 Å². The third-order valence-corrected chi connectivity index (χ3v) is 3.11. The topological polar surface area (TPSA) is 21.3 Å². The number of benzene rings is 1. The Labute approximate surface area is 98.0 Å². The summed E-state index contributed by atoms with van der Waals surface area (Å²) in [6.45, 7) is 4.98. The van der Waals surface area contributed by atoms with Gasteiger partial charge in [0.15, 0.2) is 0 Å². The molecule has 0 aromatic heterocycles. The highest BCUT2D eigenvalue weighted by atomic mass is 16.5. The molecule has 16 heavy (non-hydrogen) atoms. The summed E-state index contributed by atoms with van der Waals surface area (Å²) in [5.74, 6) is 0. The lowest BCUT2D eigenvalue weighted by Crippen LogP contribution is -2.30. The molecule has 88 valence electrons. The predicted molar refractivity (Wildman–Crippen MR) is 66.6 cm³/mol. The summed E-state index contributed by atoms with van der Waals surface area (Å²) in [6.07, 6.45) is 3.34. The van der Waals surface area contributed by atoms with Crippen LogP contribution in [-0.4, -0.2) is 19.8 Å². The van der Waals surface area contributed by atoms with Crippen molar-refractivity contribution in [3.8, 4) is 0 Å². The molecule has 0 fully saturated rings. The molecule has 1 aliphatic rings. The van der Waals surface area contributed by atoms with Crippen LogP contribution in [-0.2, 0) is 11.2 Å². The molecule has 0 saturated carbocycles. The predicted octanol–water partition coefficient (Wildman–Crippen LogP) is 2.69. The molecule has 1 aromatic rings.